The Kier molecular flexibility index (Phi) is 7.03. The molecule has 1 aliphatic rings. The molecule has 4 nitrogen and oxygen atoms in total. The normalized spacial score (nSPS) is 15.7. The highest BCUT2D eigenvalue weighted by Crippen LogP contribution is 2.29. The molecule has 1 N–H and O–H groups in total. The number of hydrogen-bond donors (Lipinski definition) is 1. The van der Waals surface area contributed by atoms with E-state index in [2.05, 4.69) is 10.1 Å². The van der Waals surface area contributed by atoms with E-state index in [9.17, 15) is 13.6 Å². The van der Waals surface area contributed by atoms with E-state index < -0.39 is 6.61 Å². The topological polar surface area (TPSA) is 47.6 Å². The maximum Gasteiger partial charge on any atom is 0.387 e. The van der Waals surface area contributed by atoms with E-state index in [-0.39, 0.29) is 17.4 Å². The molecule has 24 heavy (non-hydrogen) atoms. The molecule has 1 aromatic carbocycles. The van der Waals surface area contributed by atoms with E-state index in [4.69, 9.17) is 4.74 Å². The number of carbonyl (C=O) groups excluding carboxylic acids is 1. The van der Waals surface area contributed by atoms with Gasteiger partial charge in [-0.1, -0.05) is 25.3 Å². The van der Waals surface area contributed by atoms with Crippen LogP contribution in [0.15, 0.2) is 24.3 Å². The zero-order valence-corrected chi connectivity index (χ0v) is 13.8. The van der Waals surface area contributed by atoms with Crippen molar-refractivity contribution < 1.29 is 23.0 Å². The molecular formula is C18H23F2NO3. The van der Waals surface area contributed by atoms with Crippen LogP contribution in [0.3, 0.4) is 0 Å². The second-order valence-corrected chi connectivity index (χ2v) is 5.87. The van der Waals surface area contributed by atoms with Crippen LogP contribution in [0, 0.1) is 5.92 Å². The summed E-state index contributed by atoms with van der Waals surface area (Å²) < 4.78 is 34.0. The zero-order valence-electron chi connectivity index (χ0n) is 13.8. The lowest BCUT2D eigenvalue weighted by molar-refractivity contribution is -0.116. The van der Waals surface area contributed by atoms with Gasteiger partial charge in [-0.05, 0) is 42.5 Å². The largest absolute Gasteiger partial charge is 0.493 e. The van der Waals surface area contributed by atoms with Crippen molar-refractivity contribution in [2.45, 2.75) is 38.7 Å². The van der Waals surface area contributed by atoms with Gasteiger partial charge in [0.25, 0.3) is 0 Å². The van der Waals surface area contributed by atoms with Crippen molar-refractivity contribution in [3.63, 3.8) is 0 Å². The van der Waals surface area contributed by atoms with E-state index in [0.29, 0.717) is 18.0 Å². The Morgan fingerprint density at radius 1 is 1.29 bits per heavy atom. The first kappa shape index (κ1) is 18.2. The molecule has 0 saturated heterocycles. The molecule has 1 aliphatic carbocycles. The number of alkyl halides is 2. The fourth-order valence-electron chi connectivity index (χ4n) is 2.85. The summed E-state index contributed by atoms with van der Waals surface area (Å²) in [7, 11) is 1.37. The minimum Gasteiger partial charge on any atom is -0.493 e. The average molecular weight is 339 g/mol. The summed E-state index contributed by atoms with van der Waals surface area (Å²) in [5, 5.41) is 2.91. The molecule has 0 aromatic heterocycles. The van der Waals surface area contributed by atoms with Crippen LogP contribution < -0.4 is 14.8 Å². The standard InChI is InChI=1S/C18H23F2NO3/c1-23-16-11-13(7-9-15(16)24-18(19)20)8-10-17(22)21-12-14-5-3-2-4-6-14/h7-11,14,18H,2-6,12H2,1H3,(H,21,22). The molecule has 0 atom stereocenters. The lowest BCUT2D eigenvalue weighted by atomic mass is 9.89. The van der Waals surface area contributed by atoms with Crippen LogP contribution >= 0.6 is 0 Å². The molecule has 0 aliphatic heterocycles. The molecule has 2 rings (SSSR count). The summed E-state index contributed by atoms with van der Waals surface area (Å²) in [6, 6.07) is 4.53. The lowest BCUT2D eigenvalue weighted by Crippen LogP contribution is -2.28. The van der Waals surface area contributed by atoms with Crippen LogP contribution in [-0.4, -0.2) is 26.2 Å². The second-order valence-electron chi connectivity index (χ2n) is 5.87. The Balaban J connectivity index is 1.89. The maximum atomic E-state index is 12.3. The molecule has 1 aromatic rings. The number of hydrogen-bond acceptors (Lipinski definition) is 3. The van der Waals surface area contributed by atoms with E-state index in [1.807, 2.05) is 0 Å². The fraction of sp³-hybridized carbons (Fsp3) is 0.500. The first-order valence-electron chi connectivity index (χ1n) is 8.17. The van der Waals surface area contributed by atoms with Gasteiger partial charge in [-0.15, -0.1) is 0 Å². The zero-order chi connectivity index (χ0) is 17.4. The first-order valence-corrected chi connectivity index (χ1v) is 8.17. The van der Waals surface area contributed by atoms with Gasteiger partial charge in [0.2, 0.25) is 5.91 Å². The monoisotopic (exact) mass is 339 g/mol. The average Bonchev–Trinajstić information content (AvgIpc) is 2.59. The molecule has 1 amide bonds. The van der Waals surface area contributed by atoms with Crippen molar-refractivity contribution in [3.8, 4) is 11.5 Å². The number of carbonyl (C=O) groups is 1. The van der Waals surface area contributed by atoms with E-state index in [0.717, 1.165) is 0 Å². The van der Waals surface area contributed by atoms with E-state index >= 15 is 0 Å². The maximum absolute atomic E-state index is 12.3. The summed E-state index contributed by atoms with van der Waals surface area (Å²) in [6.45, 7) is -2.21. The van der Waals surface area contributed by atoms with Crippen LogP contribution in [0.2, 0.25) is 0 Å². The summed E-state index contributed by atoms with van der Waals surface area (Å²) in [5.74, 6) is 0.570. The minimum atomic E-state index is -2.91. The molecule has 0 bridgehead atoms. The third-order valence-corrected chi connectivity index (χ3v) is 4.12. The Labute approximate surface area is 140 Å². The highest BCUT2D eigenvalue weighted by atomic mass is 19.3. The van der Waals surface area contributed by atoms with Crippen molar-refractivity contribution in [2.75, 3.05) is 13.7 Å². The molecule has 132 valence electrons. The van der Waals surface area contributed by atoms with Crippen molar-refractivity contribution in [3.05, 3.63) is 29.8 Å². The smallest absolute Gasteiger partial charge is 0.387 e. The van der Waals surface area contributed by atoms with Gasteiger partial charge in [0.15, 0.2) is 11.5 Å². The molecular weight excluding hydrogens is 316 g/mol. The fourth-order valence-corrected chi connectivity index (χ4v) is 2.85. The number of rotatable bonds is 7. The molecule has 1 fully saturated rings. The Bertz CT molecular complexity index is 569. The Hall–Kier alpha value is -2.11. The Morgan fingerprint density at radius 3 is 2.71 bits per heavy atom. The first-order chi connectivity index (χ1) is 11.6. The number of benzene rings is 1. The summed E-state index contributed by atoms with van der Waals surface area (Å²) >= 11 is 0. The third-order valence-electron chi connectivity index (χ3n) is 4.12. The number of nitrogens with one attached hydrogen (secondary N) is 1. The van der Waals surface area contributed by atoms with Crippen LogP contribution in [-0.2, 0) is 4.79 Å². The predicted molar refractivity (Wildman–Crippen MR) is 88.2 cm³/mol. The molecule has 6 heteroatoms. The van der Waals surface area contributed by atoms with Crippen molar-refractivity contribution in [1.29, 1.82) is 0 Å². The van der Waals surface area contributed by atoms with Crippen molar-refractivity contribution in [2.24, 2.45) is 5.92 Å². The molecule has 0 heterocycles. The lowest BCUT2D eigenvalue weighted by Gasteiger charge is -2.21. The molecule has 0 unspecified atom stereocenters. The van der Waals surface area contributed by atoms with Gasteiger partial charge in [-0.25, -0.2) is 0 Å². The van der Waals surface area contributed by atoms with Gasteiger partial charge in [0, 0.05) is 12.6 Å². The van der Waals surface area contributed by atoms with Crippen LogP contribution in [0.1, 0.15) is 37.7 Å². The van der Waals surface area contributed by atoms with Crippen molar-refractivity contribution in [1.82, 2.24) is 5.32 Å². The van der Waals surface area contributed by atoms with Gasteiger partial charge in [-0.3, -0.25) is 4.79 Å². The number of methoxy groups -OCH3 is 1. The summed E-state index contributed by atoms with van der Waals surface area (Å²) in [6.07, 6.45) is 9.17. The van der Waals surface area contributed by atoms with Crippen LogP contribution in [0.25, 0.3) is 6.08 Å². The van der Waals surface area contributed by atoms with E-state index in [1.54, 1.807) is 18.2 Å². The SMILES string of the molecule is COc1cc(C=CC(=O)NCC2CCCCC2)ccc1OC(F)F. The van der Waals surface area contributed by atoms with Crippen molar-refractivity contribution >= 4 is 12.0 Å². The van der Waals surface area contributed by atoms with E-state index in [1.165, 1.54) is 51.4 Å². The Morgan fingerprint density at radius 2 is 2.04 bits per heavy atom. The number of halogens is 2. The van der Waals surface area contributed by atoms with Gasteiger partial charge >= 0.3 is 6.61 Å². The summed E-state index contributed by atoms with van der Waals surface area (Å²) in [5.41, 5.74) is 0.668. The van der Waals surface area contributed by atoms with Gasteiger partial charge in [0.05, 0.1) is 7.11 Å². The summed E-state index contributed by atoms with van der Waals surface area (Å²) in [4.78, 5) is 11.9. The van der Waals surface area contributed by atoms with Gasteiger partial charge < -0.3 is 14.8 Å². The third kappa shape index (κ3) is 5.83. The van der Waals surface area contributed by atoms with Crippen LogP contribution in [0.5, 0.6) is 11.5 Å². The molecule has 0 radical (unpaired) electrons. The second kappa shape index (κ2) is 9.25. The number of amides is 1. The molecule has 1 saturated carbocycles. The van der Waals surface area contributed by atoms with Crippen LogP contribution in [0.4, 0.5) is 8.78 Å². The predicted octanol–water partition coefficient (Wildman–Crippen LogP) is 4.01. The molecule has 0 spiro atoms. The van der Waals surface area contributed by atoms with Gasteiger partial charge in [-0.2, -0.15) is 8.78 Å². The number of ether oxygens (including phenoxy) is 2. The quantitative estimate of drug-likeness (QED) is 0.764. The highest BCUT2D eigenvalue weighted by Gasteiger charge is 2.13. The van der Waals surface area contributed by atoms with Gasteiger partial charge in [0.1, 0.15) is 0 Å². The minimum absolute atomic E-state index is 0.0357. The highest BCUT2D eigenvalue weighted by molar-refractivity contribution is 5.91.